The fourth-order valence-electron chi connectivity index (χ4n) is 1.26. The summed E-state index contributed by atoms with van der Waals surface area (Å²) in [4.78, 5) is 11.7. The van der Waals surface area contributed by atoms with Crippen LogP contribution in [0.1, 0.15) is 19.8 Å². The van der Waals surface area contributed by atoms with Gasteiger partial charge in [-0.15, -0.1) is 0 Å². The first-order chi connectivity index (χ1) is 6.60. The van der Waals surface area contributed by atoms with E-state index in [1.807, 2.05) is 19.1 Å². The first-order valence-electron chi connectivity index (χ1n) is 4.67. The van der Waals surface area contributed by atoms with E-state index in [4.69, 9.17) is 11.6 Å². The molecule has 0 aromatic heterocycles. The van der Waals surface area contributed by atoms with E-state index in [1.165, 1.54) is 0 Å². The molecule has 14 heavy (non-hydrogen) atoms. The molecule has 1 amide bonds. The summed E-state index contributed by atoms with van der Waals surface area (Å²) in [6, 6.07) is 7.21. The Labute approximate surface area is 88.3 Å². The summed E-state index contributed by atoms with van der Waals surface area (Å²) >= 11 is 5.81. The van der Waals surface area contributed by atoms with Crippen molar-refractivity contribution >= 4 is 23.2 Å². The Balaban J connectivity index is 2.07. The highest BCUT2D eigenvalue weighted by Gasteiger charge is 2.44. The highest BCUT2D eigenvalue weighted by atomic mass is 35.5. The van der Waals surface area contributed by atoms with Crippen molar-refractivity contribution in [3.8, 4) is 0 Å². The van der Waals surface area contributed by atoms with Gasteiger partial charge in [0, 0.05) is 16.1 Å². The standard InChI is InChI=1S/C11H12ClNO/c1-11(5-6-11)10(14)13-9-4-2-3-8(12)7-9/h2-4,7H,5-6H2,1H3,(H,13,14). The van der Waals surface area contributed by atoms with Crippen LogP contribution in [0.15, 0.2) is 24.3 Å². The number of hydrogen-bond acceptors (Lipinski definition) is 1. The Kier molecular flexibility index (Phi) is 2.23. The van der Waals surface area contributed by atoms with Gasteiger partial charge in [-0.3, -0.25) is 4.79 Å². The molecule has 1 saturated carbocycles. The van der Waals surface area contributed by atoms with Crippen molar-refractivity contribution in [3.63, 3.8) is 0 Å². The number of anilines is 1. The molecule has 1 N–H and O–H groups in total. The maximum atomic E-state index is 11.7. The Morgan fingerprint density at radius 3 is 2.79 bits per heavy atom. The van der Waals surface area contributed by atoms with Crippen LogP contribution in [0.2, 0.25) is 5.02 Å². The van der Waals surface area contributed by atoms with Gasteiger partial charge in [0.1, 0.15) is 0 Å². The van der Waals surface area contributed by atoms with Crippen molar-refractivity contribution in [2.75, 3.05) is 5.32 Å². The third-order valence-corrected chi connectivity index (χ3v) is 2.87. The van der Waals surface area contributed by atoms with Crippen LogP contribution < -0.4 is 5.32 Å². The lowest BCUT2D eigenvalue weighted by atomic mass is 10.1. The molecule has 74 valence electrons. The summed E-state index contributed by atoms with van der Waals surface area (Å²) in [5.41, 5.74) is 0.637. The normalized spacial score (nSPS) is 17.6. The van der Waals surface area contributed by atoms with E-state index >= 15 is 0 Å². The Morgan fingerprint density at radius 2 is 2.21 bits per heavy atom. The Hall–Kier alpha value is -1.02. The predicted molar refractivity (Wildman–Crippen MR) is 57.4 cm³/mol. The molecule has 1 aromatic rings. The van der Waals surface area contributed by atoms with Gasteiger partial charge < -0.3 is 5.32 Å². The number of benzene rings is 1. The zero-order valence-electron chi connectivity index (χ0n) is 8.01. The van der Waals surface area contributed by atoms with Crippen LogP contribution in [0.3, 0.4) is 0 Å². The van der Waals surface area contributed by atoms with Crippen LogP contribution in [0.5, 0.6) is 0 Å². The number of carbonyl (C=O) groups is 1. The van der Waals surface area contributed by atoms with Gasteiger partial charge in [-0.25, -0.2) is 0 Å². The van der Waals surface area contributed by atoms with Gasteiger partial charge >= 0.3 is 0 Å². The topological polar surface area (TPSA) is 29.1 Å². The number of rotatable bonds is 2. The van der Waals surface area contributed by atoms with Crippen molar-refractivity contribution < 1.29 is 4.79 Å². The average molecular weight is 210 g/mol. The molecule has 2 rings (SSSR count). The lowest BCUT2D eigenvalue weighted by Crippen LogP contribution is -2.21. The van der Waals surface area contributed by atoms with Gasteiger partial charge in [0.15, 0.2) is 0 Å². The lowest BCUT2D eigenvalue weighted by molar-refractivity contribution is -0.120. The van der Waals surface area contributed by atoms with E-state index in [0.717, 1.165) is 18.5 Å². The molecule has 0 aliphatic heterocycles. The molecular formula is C11H12ClNO. The largest absolute Gasteiger partial charge is 0.326 e. The first kappa shape index (κ1) is 9.53. The van der Waals surface area contributed by atoms with E-state index in [2.05, 4.69) is 5.32 Å². The summed E-state index contributed by atoms with van der Waals surface area (Å²) in [7, 11) is 0. The molecule has 3 heteroatoms. The number of halogens is 1. The molecule has 0 spiro atoms. The quantitative estimate of drug-likeness (QED) is 0.797. The van der Waals surface area contributed by atoms with Gasteiger partial charge in [0.05, 0.1) is 0 Å². The van der Waals surface area contributed by atoms with Crippen LogP contribution in [0, 0.1) is 5.41 Å². The second kappa shape index (κ2) is 3.28. The second-order valence-electron chi connectivity index (χ2n) is 4.03. The summed E-state index contributed by atoms with van der Waals surface area (Å²) in [5.74, 6) is 0.0970. The molecule has 1 aromatic carbocycles. The third kappa shape index (κ3) is 1.90. The SMILES string of the molecule is CC1(C(=O)Nc2cccc(Cl)c2)CC1. The van der Waals surface area contributed by atoms with E-state index in [1.54, 1.807) is 12.1 Å². The maximum Gasteiger partial charge on any atom is 0.230 e. The molecule has 1 aliphatic rings. The molecule has 0 radical (unpaired) electrons. The van der Waals surface area contributed by atoms with Crippen molar-refractivity contribution in [1.82, 2.24) is 0 Å². The highest BCUT2D eigenvalue weighted by Crippen LogP contribution is 2.45. The first-order valence-corrected chi connectivity index (χ1v) is 5.05. The summed E-state index contributed by atoms with van der Waals surface area (Å²) < 4.78 is 0. The summed E-state index contributed by atoms with van der Waals surface area (Å²) in [6.07, 6.45) is 1.97. The number of hydrogen-bond donors (Lipinski definition) is 1. The summed E-state index contributed by atoms with van der Waals surface area (Å²) in [5, 5.41) is 3.50. The van der Waals surface area contributed by atoms with E-state index in [-0.39, 0.29) is 11.3 Å². The average Bonchev–Trinajstić information content (AvgIpc) is 2.85. The van der Waals surface area contributed by atoms with Gasteiger partial charge in [-0.1, -0.05) is 24.6 Å². The zero-order chi connectivity index (χ0) is 10.2. The monoisotopic (exact) mass is 209 g/mol. The van der Waals surface area contributed by atoms with Gasteiger partial charge in [-0.2, -0.15) is 0 Å². The molecule has 2 nitrogen and oxygen atoms in total. The summed E-state index contributed by atoms with van der Waals surface area (Å²) in [6.45, 7) is 1.98. The molecule has 0 atom stereocenters. The Morgan fingerprint density at radius 1 is 1.50 bits per heavy atom. The van der Waals surface area contributed by atoms with E-state index < -0.39 is 0 Å². The zero-order valence-corrected chi connectivity index (χ0v) is 8.77. The minimum atomic E-state index is -0.137. The fourth-order valence-corrected chi connectivity index (χ4v) is 1.45. The van der Waals surface area contributed by atoms with Crippen molar-refractivity contribution in [3.05, 3.63) is 29.3 Å². The molecular weight excluding hydrogens is 198 g/mol. The van der Waals surface area contributed by atoms with Crippen LogP contribution in [-0.2, 0) is 4.79 Å². The fraction of sp³-hybridized carbons (Fsp3) is 0.364. The lowest BCUT2D eigenvalue weighted by Gasteiger charge is -2.09. The minimum absolute atomic E-state index is 0.0970. The second-order valence-corrected chi connectivity index (χ2v) is 4.46. The minimum Gasteiger partial charge on any atom is -0.326 e. The van der Waals surface area contributed by atoms with Crippen molar-refractivity contribution in [1.29, 1.82) is 0 Å². The van der Waals surface area contributed by atoms with Crippen LogP contribution in [0.4, 0.5) is 5.69 Å². The Bertz CT molecular complexity index is 371. The van der Waals surface area contributed by atoms with Crippen LogP contribution >= 0.6 is 11.6 Å². The van der Waals surface area contributed by atoms with E-state index in [0.29, 0.717) is 5.02 Å². The van der Waals surface area contributed by atoms with Crippen molar-refractivity contribution in [2.24, 2.45) is 5.41 Å². The molecule has 0 heterocycles. The molecule has 1 aliphatic carbocycles. The van der Waals surface area contributed by atoms with Gasteiger partial charge in [0.25, 0.3) is 0 Å². The molecule has 0 saturated heterocycles. The predicted octanol–water partition coefficient (Wildman–Crippen LogP) is 3.08. The highest BCUT2D eigenvalue weighted by molar-refractivity contribution is 6.30. The van der Waals surface area contributed by atoms with Gasteiger partial charge in [0.2, 0.25) is 5.91 Å². The van der Waals surface area contributed by atoms with Crippen LogP contribution in [0.25, 0.3) is 0 Å². The number of carbonyl (C=O) groups excluding carboxylic acids is 1. The van der Waals surface area contributed by atoms with Crippen molar-refractivity contribution in [2.45, 2.75) is 19.8 Å². The maximum absolute atomic E-state index is 11.7. The molecule has 0 bridgehead atoms. The molecule has 0 unspecified atom stereocenters. The van der Waals surface area contributed by atoms with Crippen LogP contribution in [-0.4, -0.2) is 5.91 Å². The number of nitrogens with one attached hydrogen (secondary N) is 1. The smallest absolute Gasteiger partial charge is 0.230 e. The van der Waals surface area contributed by atoms with E-state index in [9.17, 15) is 4.79 Å². The number of amides is 1. The van der Waals surface area contributed by atoms with Gasteiger partial charge in [-0.05, 0) is 31.0 Å². The molecule has 1 fully saturated rings. The third-order valence-electron chi connectivity index (χ3n) is 2.63.